The van der Waals surface area contributed by atoms with E-state index in [0.717, 1.165) is 12.8 Å². The second-order valence-electron chi connectivity index (χ2n) is 7.77. The molecule has 23 heavy (non-hydrogen) atoms. The van der Waals surface area contributed by atoms with Gasteiger partial charge in [0, 0.05) is 25.9 Å². The predicted octanol–water partition coefficient (Wildman–Crippen LogP) is 2.85. The lowest BCUT2D eigenvalue weighted by Crippen LogP contribution is -2.51. The maximum atomic E-state index is 12.3. The van der Waals surface area contributed by atoms with Gasteiger partial charge in [-0.2, -0.15) is 0 Å². The monoisotopic (exact) mass is 325 g/mol. The molecule has 1 saturated heterocycles. The molecule has 1 heterocycles. The van der Waals surface area contributed by atoms with Crippen LogP contribution in [0.2, 0.25) is 0 Å². The zero-order chi connectivity index (χ0) is 17.3. The summed E-state index contributed by atoms with van der Waals surface area (Å²) in [5, 5.41) is 9.79. The Bertz CT molecular complexity index is 484. The molecule has 1 aliphatic carbocycles. The molecule has 1 unspecified atom stereocenters. The minimum Gasteiger partial charge on any atom is -0.481 e. The molecule has 1 aliphatic heterocycles. The standard InChI is InChI=1S/C17H27NO5/c1-16(2,3)23-15(22)18-10-4-5-12(11-18)17(14(20)21)8-6-13(19)7-9-17/h12H,4-11H2,1-3H3,(H,20,21). The number of piperidine rings is 1. The molecule has 0 bridgehead atoms. The summed E-state index contributed by atoms with van der Waals surface area (Å²) in [6.07, 6.45) is 2.59. The average Bonchev–Trinajstić information content (AvgIpc) is 2.46. The first-order valence-electron chi connectivity index (χ1n) is 8.37. The van der Waals surface area contributed by atoms with E-state index in [2.05, 4.69) is 0 Å². The van der Waals surface area contributed by atoms with Gasteiger partial charge in [0.15, 0.2) is 0 Å². The predicted molar refractivity (Wildman–Crippen MR) is 84.1 cm³/mol. The van der Waals surface area contributed by atoms with Gasteiger partial charge in [-0.05, 0) is 52.4 Å². The second-order valence-corrected chi connectivity index (χ2v) is 7.77. The highest BCUT2D eigenvalue weighted by Gasteiger charge is 2.49. The van der Waals surface area contributed by atoms with Crippen LogP contribution in [-0.4, -0.2) is 46.5 Å². The summed E-state index contributed by atoms with van der Waals surface area (Å²) in [5.41, 5.74) is -1.44. The van der Waals surface area contributed by atoms with Gasteiger partial charge in [-0.1, -0.05) is 0 Å². The van der Waals surface area contributed by atoms with Crippen LogP contribution in [0.3, 0.4) is 0 Å². The van der Waals surface area contributed by atoms with E-state index in [-0.39, 0.29) is 17.8 Å². The second kappa shape index (κ2) is 6.49. The topological polar surface area (TPSA) is 83.9 Å². The van der Waals surface area contributed by atoms with Crippen molar-refractivity contribution < 1.29 is 24.2 Å². The Balaban J connectivity index is 2.11. The number of nitrogens with zero attached hydrogens (tertiary/aromatic N) is 1. The number of likely N-dealkylation sites (tertiary alicyclic amines) is 1. The number of ketones is 1. The molecule has 2 aliphatic rings. The van der Waals surface area contributed by atoms with E-state index in [0.29, 0.717) is 38.8 Å². The Kier molecular flexibility index (Phi) is 5.01. The third-order valence-corrected chi connectivity index (χ3v) is 4.98. The van der Waals surface area contributed by atoms with Crippen molar-refractivity contribution >= 4 is 17.8 Å². The summed E-state index contributed by atoms with van der Waals surface area (Å²) in [4.78, 5) is 37.3. The van der Waals surface area contributed by atoms with E-state index >= 15 is 0 Å². The number of carbonyl (C=O) groups is 3. The smallest absolute Gasteiger partial charge is 0.410 e. The van der Waals surface area contributed by atoms with E-state index in [9.17, 15) is 19.5 Å². The number of hydrogen-bond donors (Lipinski definition) is 1. The Labute approximate surface area is 137 Å². The van der Waals surface area contributed by atoms with Crippen molar-refractivity contribution in [2.45, 2.75) is 64.9 Å². The third-order valence-electron chi connectivity index (χ3n) is 4.98. The molecule has 0 spiro atoms. The number of carbonyl (C=O) groups excluding carboxylic acids is 2. The van der Waals surface area contributed by atoms with Crippen molar-refractivity contribution in [2.75, 3.05) is 13.1 Å². The molecule has 6 heteroatoms. The Morgan fingerprint density at radius 3 is 2.39 bits per heavy atom. The number of amides is 1. The molecule has 130 valence electrons. The lowest BCUT2D eigenvalue weighted by molar-refractivity contribution is -0.158. The molecule has 2 rings (SSSR count). The van der Waals surface area contributed by atoms with Crippen LogP contribution in [-0.2, 0) is 14.3 Å². The fourth-order valence-electron chi connectivity index (χ4n) is 3.69. The van der Waals surface area contributed by atoms with Crippen LogP contribution < -0.4 is 0 Å². The number of hydrogen-bond acceptors (Lipinski definition) is 4. The molecule has 0 aromatic heterocycles. The van der Waals surface area contributed by atoms with Crippen LogP contribution in [0.4, 0.5) is 4.79 Å². The molecule has 6 nitrogen and oxygen atoms in total. The molecule has 1 atom stereocenters. The van der Waals surface area contributed by atoms with Crippen LogP contribution >= 0.6 is 0 Å². The SMILES string of the molecule is CC(C)(C)OC(=O)N1CCCC(C2(C(=O)O)CCC(=O)CC2)C1. The molecule has 1 N–H and O–H groups in total. The zero-order valence-corrected chi connectivity index (χ0v) is 14.3. The number of carboxylic acid groups (broad SMARTS) is 1. The molecule has 1 amide bonds. The first-order chi connectivity index (χ1) is 10.6. The van der Waals surface area contributed by atoms with Crippen LogP contribution in [0.25, 0.3) is 0 Å². The highest BCUT2D eigenvalue weighted by Crippen LogP contribution is 2.45. The fraction of sp³-hybridized carbons (Fsp3) is 0.824. The van der Waals surface area contributed by atoms with E-state index in [4.69, 9.17) is 4.74 Å². The normalized spacial score (nSPS) is 25.1. The van der Waals surface area contributed by atoms with Gasteiger partial charge in [-0.15, -0.1) is 0 Å². The summed E-state index contributed by atoms with van der Waals surface area (Å²) in [5.74, 6) is -0.808. The molecule has 1 saturated carbocycles. The van der Waals surface area contributed by atoms with Crippen LogP contribution in [0, 0.1) is 11.3 Å². The largest absolute Gasteiger partial charge is 0.481 e. The van der Waals surface area contributed by atoms with Crippen molar-refractivity contribution in [1.82, 2.24) is 4.90 Å². The maximum Gasteiger partial charge on any atom is 0.410 e. The average molecular weight is 325 g/mol. The molecule has 0 aromatic carbocycles. The molecular formula is C17H27NO5. The lowest BCUT2D eigenvalue weighted by atomic mass is 9.63. The lowest BCUT2D eigenvalue weighted by Gasteiger charge is -2.44. The molecule has 0 radical (unpaired) electrons. The maximum absolute atomic E-state index is 12.3. The number of rotatable bonds is 2. The van der Waals surface area contributed by atoms with Crippen molar-refractivity contribution in [2.24, 2.45) is 11.3 Å². The first-order valence-corrected chi connectivity index (χ1v) is 8.37. The summed E-state index contributed by atoms with van der Waals surface area (Å²) in [7, 11) is 0. The van der Waals surface area contributed by atoms with E-state index in [1.165, 1.54) is 0 Å². The van der Waals surface area contributed by atoms with Crippen molar-refractivity contribution in [3.63, 3.8) is 0 Å². The summed E-state index contributed by atoms with van der Waals surface area (Å²) >= 11 is 0. The van der Waals surface area contributed by atoms with E-state index < -0.39 is 17.0 Å². The number of ether oxygens (including phenoxy) is 1. The van der Waals surface area contributed by atoms with E-state index in [1.54, 1.807) is 4.90 Å². The number of carboxylic acids is 1. The number of Topliss-reactive ketones (excluding diaryl/α,β-unsaturated/α-hetero) is 1. The van der Waals surface area contributed by atoms with Gasteiger partial charge in [0.1, 0.15) is 11.4 Å². The number of aliphatic carboxylic acids is 1. The van der Waals surface area contributed by atoms with Crippen molar-refractivity contribution in [1.29, 1.82) is 0 Å². The summed E-state index contributed by atoms with van der Waals surface area (Å²) in [6.45, 7) is 6.45. The highest BCUT2D eigenvalue weighted by molar-refractivity contribution is 5.84. The quantitative estimate of drug-likeness (QED) is 0.844. The first kappa shape index (κ1) is 17.8. The minimum absolute atomic E-state index is 0.116. The van der Waals surface area contributed by atoms with Gasteiger partial charge in [-0.25, -0.2) is 4.79 Å². The van der Waals surface area contributed by atoms with E-state index in [1.807, 2.05) is 20.8 Å². The Hall–Kier alpha value is -1.59. The Morgan fingerprint density at radius 2 is 1.87 bits per heavy atom. The van der Waals surface area contributed by atoms with Gasteiger partial charge >= 0.3 is 12.1 Å². The highest BCUT2D eigenvalue weighted by atomic mass is 16.6. The minimum atomic E-state index is -0.880. The zero-order valence-electron chi connectivity index (χ0n) is 14.3. The van der Waals surface area contributed by atoms with Gasteiger partial charge in [0.25, 0.3) is 0 Å². The van der Waals surface area contributed by atoms with Crippen molar-refractivity contribution in [3.8, 4) is 0 Å². The van der Waals surface area contributed by atoms with Gasteiger partial charge in [0.2, 0.25) is 0 Å². The van der Waals surface area contributed by atoms with Crippen LogP contribution in [0.15, 0.2) is 0 Å². The van der Waals surface area contributed by atoms with Gasteiger partial charge in [-0.3, -0.25) is 9.59 Å². The molecule has 0 aromatic rings. The van der Waals surface area contributed by atoms with Crippen molar-refractivity contribution in [3.05, 3.63) is 0 Å². The van der Waals surface area contributed by atoms with Gasteiger partial charge in [0.05, 0.1) is 5.41 Å². The third kappa shape index (κ3) is 4.03. The summed E-state index contributed by atoms with van der Waals surface area (Å²) < 4.78 is 5.41. The fourth-order valence-corrected chi connectivity index (χ4v) is 3.69. The van der Waals surface area contributed by atoms with Gasteiger partial charge < -0.3 is 14.7 Å². The van der Waals surface area contributed by atoms with Crippen LogP contribution in [0.1, 0.15) is 59.3 Å². The summed E-state index contributed by atoms with van der Waals surface area (Å²) in [6, 6.07) is 0. The molecular weight excluding hydrogens is 298 g/mol. The van der Waals surface area contributed by atoms with Crippen LogP contribution in [0.5, 0.6) is 0 Å². The molecule has 2 fully saturated rings. The Morgan fingerprint density at radius 1 is 1.26 bits per heavy atom.